The first kappa shape index (κ1) is 33.7. The number of carbonyl (C=O) groups is 5. The topological polar surface area (TPSA) is 172 Å². The second kappa shape index (κ2) is 20.6. The van der Waals surface area contributed by atoms with Crippen LogP contribution in [0.1, 0.15) is 90.9 Å². The Morgan fingerprint density at radius 1 is 1.00 bits per heavy atom. The van der Waals surface area contributed by atoms with Gasteiger partial charge in [0.1, 0.15) is 12.1 Å². The first-order chi connectivity index (χ1) is 18.7. The molecule has 0 saturated heterocycles. The maximum Gasteiger partial charge on any atom is 0.315 e. The van der Waals surface area contributed by atoms with Crippen molar-refractivity contribution in [1.29, 1.82) is 0 Å². The molecule has 1 heterocycles. The second-order valence-electron chi connectivity index (χ2n) is 9.96. The zero-order valence-electron chi connectivity index (χ0n) is 23.6. The van der Waals surface area contributed by atoms with Crippen molar-refractivity contribution in [3.8, 4) is 0 Å². The van der Waals surface area contributed by atoms with Crippen LogP contribution in [0.3, 0.4) is 0 Å². The van der Waals surface area contributed by atoms with Gasteiger partial charge in [-0.1, -0.05) is 82.9 Å². The summed E-state index contributed by atoms with van der Waals surface area (Å²) in [5.41, 5.74) is 5.30. The minimum atomic E-state index is -1.24. The average Bonchev–Trinajstić information content (AvgIpc) is 2.88. The normalized spacial score (nSPS) is 20.3. The van der Waals surface area contributed by atoms with Crippen LogP contribution < -0.4 is 32.3 Å². The van der Waals surface area contributed by atoms with E-state index in [4.69, 9.17) is 5.73 Å². The zero-order chi connectivity index (χ0) is 28.9. The third-order valence-corrected chi connectivity index (χ3v) is 6.27. The summed E-state index contributed by atoms with van der Waals surface area (Å²) in [4.78, 5) is 61.3. The molecule has 7 N–H and O–H groups in total. The lowest BCUT2D eigenvalue weighted by molar-refractivity contribution is -0.130. The highest BCUT2D eigenvalue weighted by molar-refractivity contribution is 5.95. The highest BCUT2D eigenvalue weighted by Crippen LogP contribution is 2.10. The number of nitrogens with one attached hydrogen (secondary N) is 5. The van der Waals surface area contributed by atoms with E-state index in [9.17, 15) is 24.0 Å². The predicted molar refractivity (Wildman–Crippen MR) is 151 cm³/mol. The Kier molecular flexibility index (Phi) is 17.8. The molecule has 11 nitrogen and oxygen atoms in total. The fourth-order valence-electron chi connectivity index (χ4n) is 4.05. The summed E-state index contributed by atoms with van der Waals surface area (Å²) in [6, 6.07) is -3.34. The van der Waals surface area contributed by atoms with Crippen molar-refractivity contribution < 1.29 is 24.0 Å². The Morgan fingerprint density at radius 3 is 2.28 bits per heavy atom. The minimum absolute atomic E-state index is 0.262. The molecule has 1 unspecified atom stereocenters. The lowest BCUT2D eigenvalue weighted by Gasteiger charge is -2.22. The van der Waals surface area contributed by atoms with Crippen LogP contribution in [0.15, 0.2) is 24.3 Å². The molecular formula is C28H48N6O5. The zero-order valence-corrected chi connectivity index (χ0v) is 23.6. The van der Waals surface area contributed by atoms with Gasteiger partial charge in [-0.05, 0) is 19.8 Å². The Balaban J connectivity index is 2.53. The van der Waals surface area contributed by atoms with E-state index in [-0.39, 0.29) is 5.91 Å². The summed E-state index contributed by atoms with van der Waals surface area (Å²) in [7, 11) is 0. The van der Waals surface area contributed by atoms with Crippen LogP contribution in [-0.2, 0) is 19.2 Å². The largest absolute Gasteiger partial charge is 0.370 e. The number of hydrogen-bond acceptors (Lipinski definition) is 5. The number of urea groups is 1. The van der Waals surface area contributed by atoms with Crippen molar-refractivity contribution in [3.05, 3.63) is 24.3 Å². The molecule has 0 aromatic rings. The Morgan fingerprint density at radius 2 is 1.64 bits per heavy atom. The van der Waals surface area contributed by atoms with Crippen molar-refractivity contribution in [1.82, 2.24) is 26.6 Å². The van der Waals surface area contributed by atoms with Crippen molar-refractivity contribution in [2.24, 2.45) is 5.73 Å². The lowest BCUT2D eigenvalue weighted by Crippen LogP contribution is -2.56. The summed E-state index contributed by atoms with van der Waals surface area (Å²) >= 11 is 0. The van der Waals surface area contributed by atoms with E-state index in [0.717, 1.165) is 19.3 Å². The van der Waals surface area contributed by atoms with Crippen LogP contribution in [0.4, 0.5) is 4.79 Å². The molecule has 0 bridgehead atoms. The number of carbonyl (C=O) groups excluding carboxylic acids is 5. The number of hydrogen-bond donors (Lipinski definition) is 6. The van der Waals surface area contributed by atoms with Crippen LogP contribution in [0.2, 0.25) is 0 Å². The van der Waals surface area contributed by atoms with Gasteiger partial charge in [-0.15, -0.1) is 0 Å². The predicted octanol–water partition coefficient (Wildman–Crippen LogP) is 2.07. The van der Waals surface area contributed by atoms with Crippen LogP contribution >= 0.6 is 0 Å². The molecule has 0 spiro atoms. The molecule has 0 aromatic heterocycles. The average molecular weight is 549 g/mol. The second-order valence-corrected chi connectivity index (χ2v) is 9.96. The molecule has 0 saturated carbocycles. The number of amides is 6. The molecule has 0 radical (unpaired) electrons. The quantitative estimate of drug-likeness (QED) is 0.128. The van der Waals surface area contributed by atoms with Gasteiger partial charge in [-0.3, -0.25) is 19.2 Å². The SMILES string of the molecule is CCCCCCCCCCCCNC(=O)NC(CC(N)=O)C(=O)N[C@H]1/C=C/CCNC(=O)/C=C/[C@H](C)NC1=O. The van der Waals surface area contributed by atoms with Gasteiger partial charge in [0.05, 0.1) is 6.42 Å². The summed E-state index contributed by atoms with van der Waals surface area (Å²) < 4.78 is 0. The monoisotopic (exact) mass is 548 g/mol. The molecule has 6 amide bonds. The molecule has 1 aliphatic heterocycles. The van der Waals surface area contributed by atoms with Gasteiger partial charge in [0.2, 0.25) is 23.6 Å². The molecule has 0 aliphatic carbocycles. The van der Waals surface area contributed by atoms with Gasteiger partial charge < -0.3 is 32.3 Å². The summed E-state index contributed by atoms with van der Waals surface area (Å²) in [6.07, 6.45) is 17.9. The van der Waals surface area contributed by atoms with Crippen LogP contribution in [0.5, 0.6) is 0 Å². The molecule has 220 valence electrons. The third-order valence-electron chi connectivity index (χ3n) is 6.27. The fourth-order valence-corrected chi connectivity index (χ4v) is 4.05. The minimum Gasteiger partial charge on any atom is -0.370 e. The molecule has 0 fully saturated rings. The van der Waals surface area contributed by atoms with E-state index in [0.29, 0.717) is 19.5 Å². The van der Waals surface area contributed by atoms with E-state index in [1.807, 2.05) is 0 Å². The molecule has 0 aromatic carbocycles. The molecular weight excluding hydrogens is 500 g/mol. The molecule has 39 heavy (non-hydrogen) atoms. The Hall–Kier alpha value is -3.37. The molecule has 11 heteroatoms. The highest BCUT2D eigenvalue weighted by Gasteiger charge is 2.27. The standard InChI is InChI=1S/C28H48N6O5/c1-3-4-5-6-7-8-9-10-11-13-19-31-28(39)34-23(20-24(29)35)27(38)33-22-15-12-14-18-30-25(36)17-16-21(2)32-26(22)37/h12,15-17,21-23H,3-11,13-14,18-20H2,1-2H3,(H2,29,35)(H,30,36)(H,32,37)(H,33,38)(H2,31,34,39)/b15-12+,17-16+/t21-,22-,23?/m0/s1. The van der Waals surface area contributed by atoms with Gasteiger partial charge in [0.15, 0.2) is 0 Å². The lowest BCUT2D eigenvalue weighted by atomic mass is 10.1. The van der Waals surface area contributed by atoms with E-state index in [1.165, 1.54) is 63.2 Å². The maximum atomic E-state index is 12.9. The van der Waals surface area contributed by atoms with E-state index in [1.54, 1.807) is 13.0 Å². The highest BCUT2D eigenvalue weighted by atomic mass is 16.2. The van der Waals surface area contributed by atoms with Crippen molar-refractivity contribution in [2.45, 2.75) is 109 Å². The molecule has 1 rings (SSSR count). The first-order valence-corrected chi connectivity index (χ1v) is 14.3. The van der Waals surface area contributed by atoms with Gasteiger partial charge >= 0.3 is 6.03 Å². The number of nitrogens with two attached hydrogens (primary N) is 1. The fraction of sp³-hybridized carbons (Fsp3) is 0.679. The van der Waals surface area contributed by atoms with E-state index >= 15 is 0 Å². The summed E-state index contributed by atoms with van der Waals surface area (Å²) in [5, 5.41) is 13.2. The van der Waals surface area contributed by atoms with Gasteiger partial charge in [0.25, 0.3) is 0 Å². The van der Waals surface area contributed by atoms with Crippen molar-refractivity contribution in [3.63, 3.8) is 0 Å². The Bertz CT molecular complexity index is 844. The van der Waals surface area contributed by atoms with Crippen LogP contribution in [-0.4, -0.2) is 60.9 Å². The summed E-state index contributed by atoms with van der Waals surface area (Å²) in [6.45, 7) is 4.71. The number of primary amides is 1. The summed E-state index contributed by atoms with van der Waals surface area (Å²) in [5.74, 6) is -2.24. The van der Waals surface area contributed by atoms with E-state index < -0.39 is 48.3 Å². The van der Waals surface area contributed by atoms with Gasteiger partial charge in [-0.2, -0.15) is 0 Å². The van der Waals surface area contributed by atoms with Gasteiger partial charge in [0, 0.05) is 25.2 Å². The number of rotatable bonds is 16. The maximum absolute atomic E-state index is 12.9. The smallest absolute Gasteiger partial charge is 0.315 e. The Labute approximate surface area is 232 Å². The van der Waals surface area contributed by atoms with E-state index in [2.05, 4.69) is 33.5 Å². The number of unbranched alkanes of at least 4 members (excludes halogenated alkanes) is 9. The van der Waals surface area contributed by atoms with Crippen molar-refractivity contribution in [2.75, 3.05) is 13.1 Å². The molecule has 3 atom stereocenters. The van der Waals surface area contributed by atoms with Gasteiger partial charge in [-0.25, -0.2) is 4.79 Å². The van der Waals surface area contributed by atoms with Crippen LogP contribution in [0, 0.1) is 0 Å². The van der Waals surface area contributed by atoms with Crippen molar-refractivity contribution >= 4 is 29.7 Å². The molecule has 1 aliphatic rings. The first-order valence-electron chi connectivity index (χ1n) is 14.3. The van der Waals surface area contributed by atoms with Crippen LogP contribution in [0.25, 0.3) is 0 Å². The third kappa shape index (κ3) is 17.0.